The van der Waals surface area contributed by atoms with E-state index in [2.05, 4.69) is 10.2 Å². The van der Waals surface area contributed by atoms with E-state index in [1.54, 1.807) is 0 Å². The monoisotopic (exact) mass is 384 g/mol. The maximum atomic E-state index is 12.4. The van der Waals surface area contributed by atoms with E-state index >= 15 is 0 Å². The second kappa shape index (κ2) is 8.33. The molecule has 1 saturated heterocycles. The van der Waals surface area contributed by atoms with Gasteiger partial charge in [-0.15, -0.1) is 0 Å². The lowest BCUT2D eigenvalue weighted by Crippen LogP contribution is -2.40. The van der Waals surface area contributed by atoms with Crippen molar-refractivity contribution in [2.45, 2.75) is 44.9 Å². The molecule has 2 saturated carbocycles. The molecule has 1 aromatic rings. The summed E-state index contributed by atoms with van der Waals surface area (Å²) in [6.45, 7) is 1.87. The fraction of sp³-hybridized carbons (Fsp3) is 0.591. The first-order valence-electron chi connectivity index (χ1n) is 10.5. The molecule has 3 aliphatic rings. The van der Waals surface area contributed by atoms with E-state index < -0.39 is 0 Å². The van der Waals surface area contributed by atoms with Gasteiger partial charge in [-0.25, -0.2) is 0 Å². The molecule has 0 aromatic heterocycles. The Balaban J connectivity index is 1.24. The average molecular weight is 384 g/mol. The van der Waals surface area contributed by atoms with Gasteiger partial charge in [0.25, 0.3) is 5.91 Å². The first-order chi connectivity index (χ1) is 13.6. The van der Waals surface area contributed by atoms with E-state index in [4.69, 9.17) is 4.74 Å². The van der Waals surface area contributed by atoms with Gasteiger partial charge in [-0.05, 0) is 62.8 Å². The molecule has 1 heterocycles. The fourth-order valence-electron chi connectivity index (χ4n) is 4.85. The third-order valence-corrected chi connectivity index (χ3v) is 6.35. The van der Waals surface area contributed by atoms with Gasteiger partial charge in [0.1, 0.15) is 5.78 Å². The van der Waals surface area contributed by atoms with Gasteiger partial charge in [-0.3, -0.25) is 14.4 Å². The second-order valence-electron chi connectivity index (χ2n) is 8.29. The molecule has 0 spiro atoms. The number of nitrogens with zero attached hydrogens (tertiary/aromatic N) is 1. The van der Waals surface area contributed by atoms with E-state index in [-0.39, 0.29) is 36.2 Å². The van der Waals surface area contributed by atoms with Gasteiger partial charge in [0, 0.05) is 36.3 Å². The van der Waals surface area contributed by atoms with Gasteiger partial charge in [-0.1, -0.05) is 6.42 Å². The van der Waals surface area contributed by atoms with Crippen molar-refractivity contribution < 1.29 is 19.1 Å². The maximum Gasteiger partial charge on any atom is 0.309 e. The zero-order chi connectivity index (χ0) is 19.5. The lowest BCUT2D eigenvalue weighted by molar-refractivity contribution is -0.155. The van der Waals surface area contributed by atoms with Crippen LogP contribution >= 0.6 is 0 Å². The molecule has 28 heavy (non-hydrogen) atoms. The highest BCUT2D eigenvalue weighted by atomic mass is 16.5. The van der Waals surface area contributed by atoms with Crippen LogP contribution < -0.4 is 10.2 Å². The number of Topliss-reactive ketones (excluding diaryl/α,β-unsaturated/α-hetero) is 1. The number of ether oxygens (including phenoxy) is 1. The summed E-state index contributed by atoms with van der Waals surface area (Å²) in [6, 6.07) is 7.76. The minimum atomic E-state index is -0.344. The van der Waals surface area contributed by atoms with Crippen LogP contribution in [0.25, 0.3) is 0 Å². The Hall–Kier alpha value is -2.37. The summed E-state index contributed by atoms with van der Waals surface area (Å²) in [7, 11) is 0. The van der Waals surface area contributed by atoms with Gasteiger partial charge in [-0.2, -0.15) is 0 Å². The highest BCUT2D eigenvalue weighted by Crippen LogP contribution is 2.40. The molecule has 4 rings (SSSR count). The van der Waals surface area contributed by atoms with Crippen molar-refractivity contribution in [1.82, 2.24) is 0 Å². The lowest BCUT2D eigenvalue weighted by atomic mass is 9.67. The quantitative estimate of drug-likeness (QED) is 0.789. The van der Waals surface area contributed by atoms with Crippen molar-refractivity contribution in [3.63, 3.8) is 0 Å². The average Bonchev–Trinajstić information content (AvgIpc) is 3.21. The topological polar surface area (TPSA) is 75.7 Å². The van der Waals surface area contributed by atoms with E-state index in [1.807, 2.05) is 24.3 Å². The zero-order valence-electron chi connectivity index (χ0n) is 16.2. The zero-order valence-corrected chi connectivity index (χ0v) is 16.2. The molecular formula is C22H28N2O4. The van der Waals surface area contributed by atoms with Gasteiger partial charge >= 0.3 is 5.97 Å². The minimum Gasteiger partial charge on any atom is -0.455 e. The Morgan fingerprint density at radius 3 is 2.29 bits per heavy atom. The number of rotatable bonds is 5. The van der Waals surface area contributed by atoms with Crippen LogP contribution in [0.3, 0.4) is 0 Å². The Morgan fingerprint density at radius 2 is 1.64 bits per heavy atom. The van der Waals surface area contributed by atoms with Gasteiger partial charge in [0.2, 0.25) is 0 Å². The normalized spacial score (nSPS) is 26.8. The number of hydrogen-bond donors (Lipinski definition) is 1. The van der Waals surface area contributed by atoms with Crippen molar-refractivity contribution in [3.8, 4) is 0 Å². The predicted molar refractivity (Wildman–Crippen MR) is 106 cm³/mol. The summed E-state index contributed by atoms with van der Waals surface area (Å²) in [4.78, 5) is 39.0. The van der Waals surface area contributed by atoms with Crippen molar-refractivity contribution in [2.75, 3.05) is 29.9 Å². The van der Waals surface area contributed by atoms with E-state index in [9.17, 15) is 14.4 Å². The van der Waals surface area contributed by atoms with Crippen molar-refractivity contribution in [3.05, 3.63) is 24.3 Å². The molecule has 6 heteroatoms. The highest BCUT2D eigenvalue weighted by Gasteiger charge is 2.41. The van der Waals surface area contributed by atoms with Crippen molar-refractivity contribution in [2.24, 2.45) is 17.8 Å². The van der Waals surface area contributed by atoms with Crippen molar-refractivity contribution in [1.29, 1.82) is 0 Å². The number of amides is 1. The van der Waals surface area contributed by atoms with Gasteiger partial charge in [0.05, 0.1) is 5.92 Å². The number of nitrogens with one attached hydrogen (secondary N) is 1. The Morgan fingerprint density at radius 1 is 1.00 bits per heavy atom. The summed E-state index contributed by atoms with van der Waals surface area (Å²) in [5, 5.41) is 2.78. The van der Waals surface area contributed by atoms with Crippen LogP contribution in [0.4, 0.5) is 11.4 Å². The van der Waals surface area contributed by atoms with Crippen LogP contribution in [0.1, 0.15) is 44.9 Å². The smallest absolute Gasteiger partial charge is 0.309 e. The molecule has 2 aliphatic carbocycles. The number of benzene rings is 1. The molecule has 3 fully saturated rings. The largest absolute Gasteiger partial charge is 0.455 e. The molecule has 3 atom stereocenters. The number of hydrogen-bond acceptors (Lipinski definition) is 5. The van der Waals surface area contributed by atoms with E-state index in [0.29, 0.717) is 24.3 Å². The van der Waals surface area contributed by atoms with E-state index in [1.165, 1.54) is 18.5 Å². The van der Waals surface area contributed by atoms with Crippen LogP contribution in [0.5, 0.6) is 0 Å². The van der Waals surface area contributed by atoms with Crippen molar-refractivity contribution >= 4 is 29.0 Å². The molecule has 1 amide bonds. The number of esters is 1. The fourth-order valence-corrected chi connectivity index (χ4v) is 4.85. The maximum absolute atomic E-state index is 12.4. The Kier molecular flexibility index (Phi) is 5.64. The first-order valence-corrected chi connectivity index (χ1v) is 10.5. The summed E-state index contributed by atoms with van der Waals surface area (Å²) >= 11 is 0. The molecule has 1 unspecified atom stereocenters. The molecule has 0 radical (unpaired) electrons. The van der Waals surface area contributed by atoms with Crippen LogP contribution in [0, 0.1) is 17.8 Å². The Bertz CT molecular complexity index is 723. The lowest BCUT2D eigenvalue weighted by Gasteiger charge is -2.36. The number of ketones is 1. The third-order valence-electron chi connectivity index (χ3n) is 6.35. The number of carbonyl (C=O) groups is 3. The second-order valence-corrected chi connectivity index (χ2v) is 8.29. The summed E-state index contributed by atoms with van der Waals surface area (Å²) in [5.74, 6) is -0.592. The third kappa shape index (κ3) is 4.21. The van der Waals surface area contributed by atoms with Crippen LogP contribution in [0.2, 0.25) is 0 Å². The minimum absolute atomic E-state index is 0.00741. The van der Waals surface area contributed by atoms with Crippen LogP contribution in [-0.4, -0.2) is 37.4 Å². The molecule has 150 valence electrons. The number of anilines is 2. The SMILES string of the molecule is O=C(COC(=O)C1C[C@H]2CCC[C@@H](C1)C2=O)Nc1ccc(N2CCCC2)cc1. The molecule has 1 aliphatic heterocycles. The molecule has 1 aromatic carbocycles. The van der Waals surface area contributed by atoms with Crippen LogP contribution in [0.15, 0.2) is 24.3 Å². The van der Waals surface area contributed by atoms with Crippen LogP contribution in [-0.2, 0) is 19.1 Å². The molecular weight excluding hydrogens is 356 g/mol. The summed E-state index contributed by atoms with van der Waals surface area (Å²) in [5.41, 5.74) is 1.86. The van der Waals surface area contributed by atoms with Gasteiger partial charge < -0.3 is 15.0 Å². The number of carbonyl (C=O) groups excluding carboxylic acids is 3. The van der Waals surface area contributed by atoms with Gasteiger partial charge in [0.15, 0.2) is 6.61 Å². The first kappa shape index (κ1) is 19.0. The Labute approximate surface area is 165 Å². The molecule has 6 nitrogen and oxygen atoms in total. The standard InChI is InChI=1S/C22H28N2O4/c25-20(23-18-6-8-19(9-7-18)24-10-1-2-11-24)14-28-22(27)17-12-15-4-3-5-16(13-17)21(15)26/h6-9,15-17H,1-5,10-14H2,(H,23,25)/t15-,16+,17?. The summed E-state index contributed by atoms with van der Waals surface area (Å²) in [6.07, 6.45) is 6.43. The number of fused-ring (bicyclic) bond motifs is 2. The van der Waals surface area contributed by atoms with E-state index in [0.717, 1.165) is 32.4 Å². The summed E-state index contributed by atoms with van der Waals surface area (Å²) < 4.78 is 5.25. The molecule has 1 N–H and O–H groups in total. The molecule has 2 bridgehead atoms. The predicted octanol–water partition coefficient (Wildman–Crippen LogP) is 3.16. The highest BCUT2D eigenvalue weighted by molar-refractivity contribution is 5.93.